The third kappa shape index (κ3) is 4.41. The van der Waals surface area contributed by atoms with Gasteiger partial charge in [-0.1, -0.05) is 0 Å². The van der Waals surface area contributed by atoms with Gasteiger partial charge in [0, 0.05) is 13.1 Å². The van der Waals surface area contributed by atoms with Crippen LogP contribution in [0.3, 0.4) is 0 Å². The van der Waals surface area contributed by atoms with Gasteiger partial charge < -0.3 is 4.90 Å². The van der Waals surface area contributed by atoms with Gasteiger partial charge in [-0.25, -0.2) is 18.5 Å². The van der Waals surface area contributed by atoms with Crippen molar-refractivity contribution < 1.29 is 13.2 Å². The SMILES string of the molecule is CCN(CCS(N)(=O)=O)C(=O)c1cnc(C)s1. The van der Waals surface area contributed by atoms with Gasteiger partial charge in [0.15, 0.2) is 0 Å². The van der Waals surface area contributed by atoms with E-state index in [0.717, 1.165) is 5.01 Å². The lowest BCUT2D eigenvalue weighted by atomic mass is 10.4. The smallest absolute Gasteiger partial charge is 0.265 e. The second-order valence-electron chi connectivity index (χ2n) is 3.50. The summed E-state index contributed by atoms with van der Waals surface area (Å²) in [6, 6.07) is 0. The first kappa shape index (κ1) is 14.1. The topological polar surface area (TPSA) is 93.4 Å². The lowest BCUT2D eigenvalue weighted by Gasteiger charge is -2.19. The average molecular weight is 277 g/mol. The third-order valence-electron chi connectivity index (χ3n) is 2.15. The molecule has 0 fully saturated rings. The van der Waals surface area contributed by atoms with Crippen molar-refractivity contribution in [1.82, 2.24) is 9.88 Å². The van der Waals surface area contributed by atoms with Crippen LogP contribution in [0, 0.1) is 6.92 Å². The van der Waals surface area contributed by atoms with E-state index in [1.165, 1.54) is 22.4 Å². The van der Waals surface area contributed by atoms with Crippen LogP contribution < -0.4 is 5.14 Å². The number of aryl methyl sites for hydroxylation is 1. The quantitative estimate of drug-likeness (QED) is 0.832. The average Bonchev–Trinajstić information content (AvgIpc) is 2.64. The maximum absolute atomic E-state index is 12.0. The van der Waals surface area contributed by atoms with E-state index in [2.05, 4.69) is 4.98 Å². The molecule has 1 rings (SSSR count). The summed E-state index contributed by atoms with van der Waals surface area (Å²) in [5.74, 6) is -0.438. The summed E-state index contributed by atoms with van der Waals surface area (Å²) in [6.45, 7) is 4.13. The van der Waals surface area contributed by atoms with Crippen molar-refractivity contribution in [2.75, 3.05) is 18.8 Å². The number of nitrogens with zero attached hydrogens (tertiary/aromatic N) is 2. The fourth-order valence-electron chi connectivity index (χ4n) is 1.26. The number of hydrogen-bond donors (Lipinski definition) is 1. The Morgan fingerprint density at radius 2 is 2.24 bits per heavy atom. The molecule has 0 spiro atoms. The van der Waals surface area contributed by atoms with Crippen LogP contribution in [0.15, 0.2) is 6.20 Å². The van der Waals surface area contributed by atoms with Crippen molar-refractivity contribution in [3.8, 4) is 0 Å². The summed E-state index contributed by atoms with van der Waals surface area (Å²) in [6.07, 6.45) is 1.50. The molecule has 1 aromatic heterocycles. The Morgan fingerprint density at radius 3 is 2.65 bits per heavy atom. The van der Waals surface area contributed by atoms with Crippen molar-refractivity contribution in [1.29, 1.82) is 0 Å². The number of nitrogens with two attached hydrogens (primary N) is 1. The first-order valence-corrected chi connectivity index (χ1v) is 7.59. The zero-order chi connectivity index (χ0) is 13.1. The minimum Gasteiger partial charge on any atom is -0.337 e. The van der Waals surface area contributed by atoms with E-state index in [-0.39, 0.29) is 18.2 Å². The highest BCUT2D eigenvalue weighted by molar-refractivity contribution is 7.89. The highest BCUT2D eigenvalue weighted by Crippen LogP contribution is 2.14. The van der Waals surface area contributed by atoms with Gasteiger partial charge in [-0.05, 0) is 13.8 Å². The van der Waals surface area contributed by atoms with Gasteiger partial charge in [-0.2, -0.15) is 0 Å². The first-order valence-electron chi connectivity index (χ1n) is 5.05. The molecule has 1 amide bonds. The molecule has 6 nitrogen and oxygen atoms in total. The molecule has 0 saturated heterocycles. The largest absolute Gasteiger partial charge is 0.337 e. The van der Waals surface area contributed by atoms with E-state index in [9.17, 15) is 13.2 Å². The Bertz CT molecular complexity index is 495. The Hall–Kier alpha value is -0.990. The molecule has 8 heteroatoms. The van der Waals surface area contributed by atoms with E-state index < -0.39 is 10.0 Å². The summed E-state index contributed by atoms with van der Waals surface area (Å²) in [5.41, 5.74) is 0. The molecule has 0 aliphatic heterocycles. The Labute approximate surface area is 105 Å². The molecule has 0 aliphatic rings. The molecule has 2 N–H and O–H groups in total. The van der Waals surface area contributed by atoms with Crippen LogP contribution in [0.25, 0.3) is 0 Å². The Morgan fingerprint density at radius 1 is 1.59 bits per heavy atom. The van der Waals surface area contributed by atoms with Crippen LogP contribution >= 0.6 is 11.3 Å². The maximum Gasteiger partial charge on any atom is 0.265 e. The zero-order valence-corrected chi connectivity index (χ0v) is 11.3. The lowest BCUT2D eigenvalue weighted by Crippen LogP contribution is -2.36. The van der Waals surface area contributed by atoms with Crippen molar-refractivity contribution in [2.24, 2.45) is 5.14 Å². The number of rotatable bonds is 5. The molecule has 0 aliphatic carbocycles. The van der Waals surface area contributed by atoms with Gasteiger partial charge in [0.2, 0.25) is 10.0 Å². The van der Waals surface area contributed by atoms with E-state index in [0.29, 0.717) is 11.4 Å². The molecule has 0 bridgehead atoms. The Kier molecular flexibility index (Phi) is 4.61. The highest BCUT2D eigenvalue weighted by atomic mass is 32.2. The maximum atomic E-state index is 12.0. The minimum absolute atomic E-state index is 0.102. The molecule has 17 heavy (non-hydrogen) atoms. The minimum atomic E-state index is -3.55. The number of amides is 1. The van der Waals surface area contributed by atoms with E-state index >= 15 is 0 Å². The monoisotopic (exact) mass is 277 g/mol. The zero-order valence-electron chi connectivity index (χ0n) is 9.71. The predicted octanol–water partition coefficient (Wildman–Crippen LogP) is 0.202. The number of carbonyl (C=O) groups is 1. The van der Waals surface area contributed by atoms with Crippen LogP contribution in [0.1, 0.15) is 21.6 Å². The summed E-state index contributed by atoms with van der Waals surface area (Å²) in [7, 11) is -3.55. The van der Waals surface area contributed by atoms with E-state index in [4.69, 9.17) is 5.14 Å². The molecule has 96 valence electrons. The van der Waals surface area contributed by atoms with Crippen LogP contribution in [-0.2, 0) is 10.0 Å². The molecule has 0 atom stereocenters. The van der Waals surface area contributed by atoms with Crippen molar-refractivity contribution >= 4 is 27.3 Å². The van der Waals surface area contributed by atoms with E-state index in [1.807, 2.05) is 6.92 Å². The van der Waals surface area contributed by atoms with Crippen LogP contribution in [-0.4, -0.2) is 43.1 Å². The highest BCUT2D eigenvalue weighted by Gasteiger charge is 2.17. The molecule has 0 saturated carbocycles. The van der Waals surface area contributed by atoms with Gasteiger partial charge in [-0.3, -0.25) is 4.79 Å². The normalized spacial score (nSPS) is 11.5. The number of hydrogen-bond acceptors (Lipinski definition) is 5. The second kappa shape index (κ2) is 5.56. The lowest BCUT2D eigenvalue weighted by molar-refractivity contribution is 0.0778. The number of carbonyl (C=O) groups excluding carboxylic acids is 1. The fraction of sp³-hybridized carbons (Fsp3) is 0.556. The summed E-state index contributed by atoms with van der Waals surface area (Å²) in [4.78, 5) is 17.9. The second-order valence-corrected chi connectivity index (χ2v) is 6.46. The Balaban J connectivity index is 2.71. The van der Waals surface area contributed by atoms with Crippen molar-refractivity contribution in [2.45, 2.75) is 13.8 Å². The fourth-order valence-corrected chi connectivity index (χ4v) is 2.48. The number of sulfonamides is 1. The van der Waals surface area contributed by atoms with Gasteiger partial charge in [-0.15, -0.1) is 11.3 Å². The molecule has 1 heterocycles. The molecule has 0 radical (unpaired) electrons. The van der Waals surface area contributed by atoms with Crippen LogP contribution in [0.5, 0.6) is 0 Å². The van der Waals surface area contributed by atoms with Gasteiger partial charge in [0.05, 0.1) is 17.0 Å². The summed E-state index contributed by atoms with van der Waals surface area (Å²) >= 11 is 1.29. The summed E-state index contributed by atoms with van der Waals surface area (Å²) in [5, 5.41) is 5.71. The van der Waals surface area contributed by atoms with Gasteiger partial charge >= 0.3 is 0 Å². The van der Waals surface area contributed by atoms with Crippen LogP contribution in [0.4, 0.5) is 0 Å². The third-order valence-corrected chi connectivity index (χ3v) is 3.80. The number of thiazole rings is 1. The molecule has 1 aromatic rings. The van der Waals surface area contributed by atoms with Gasteiger partial charge in [0.25, 0.3) is 5.91 Å². The number of aromatic nitrogens is 1. The van der Waals surface area contributed by atoms with E-state index in [1.54, 1.807) is 6.92 Å². The van der Waals surface area contributed by atoms with Crippen LogP contribution in [0.2, 0.25) is 0 Å². The molecule has 0 unspecified atom stereocenters. The first-order chi connectivity index (χ1) is 7.83. The number of primary sulfonamides is 1. The molecule has 0 aromatic carbocycles. The molecular formula is C9H15N3O3S2. The summed E-state index contributed by atoms with van der Waals surface area (Å²) < 4.78 is 21.7. The van der Waals surface area contributed by atoms with Gasteiger partial charge in [0.1, 0.15) is 4.88 Å². The predicted molar refractivity (Wildman–Crippen MR) is 66.4 cm³/mol. The van der Waals surface area contributed by atoms with Crippen molar-refractivity contribution in [3.05, 3.63) is 16.1 Å². The standard InChI is InChI=1S/C9H15N3O3S2/c1-3-12(4-5-17(10,14)15)9(13)8-6-11-7(2)16-8/h6H,3-5H2,1-2H3,(H2,10,14,15). The van der Waals surface area contributed by atoms with Crippen molar-refractivity contribution in [3.63, 3.8) is 0 Å². The molecular weight excluding hydrogens is 262 g/mol.